The molecule has 1 unspecified atom stereocenters. The van der Waals surface area contributed by atoms with Gasteiger partial charge in [0.1, 0.15) is 5.75 Å². The number of ether oxygens (including phenoxy) is 1. The van der Waals surface area contributed by atoms with Crippen LogP contribution in [-0.2, 0) is 0 Å². The monoisotopic (exact) mass is 447 g/mol. The van der Waals surface area contributed by atoms with Crippen molar-refractivity contribution in [2.45, 2.75) is 18.9 Å². The van der Waals surface area contributed by atoms with Gasteiger partial charge in [-0.05, 0) is 43.7 Å². The molecular weight excluding hydrogens is 429 g/mol. The van der Waals surface area contributed by atoms with Gasteiger partial charge in [0.2, 0.25) is 5.88 Å². The average molecular weight is 449 g/mol. The van der Waals surface area contributed by atoms with Crippen LogP contribution in [0.15, 0.2) is 47.1 Å². The van der Waals surface area contributed by atoms with Crippen molar-refractivity contribution in [3.8, 4) is 11.6 Å². The summed E-state index contributed by atoms with van der Waals surface area (Å²) < 4.78 is 6.60. The molecule has 0 radical (unpaired) electrons. The first kappa shape index (κ1) is 21.7. The van der Waals surface area contributed by atoms with Crippen molar-refractivity contribution in [3.05, 3.63) is 52.6 Å². The summed E-state index contributed by atoms with van der Waals surface area (Å²) in [6.07, 6.45) is 3.64. The quantitative estimate of drug-likeness (QED) is 0.742. The van der Waals surface area contributed by atoms with Gasteiger partial charge in [-0.3, -0.25) is 4.79 Å². The zero-order valence-electron chi connectivity index (χ0n) is 13.4. The van der Waals surface area contributed by atoms with Crippen LogP contribution in [0.3, 0.4) is 0 Å². The van der Waals surface area contributed by atoms with Crippen molar-refractivity contribution in [1.29, 1.82) is 0 Å². The number of pyridine rings is 1. The smallest absolute Gasteiger partial charge is 0.253 e. The van der Waals surface area contributed by atoms with E-state index in [1.165, 1.54) is 0 Å². The Balaban J connectivity index is 0.00000156. The molecule has 0 saturated carbocycles. The van der Waals surface area contributed by atoms with Crippen LogP contribution in [0.5, 0.6) is 11.6 Å². The first-order valence-electron chi connectivity index (χ1n) is 7.62. The Morgan fingerprint density at radius 1 is 1.28 bits per heavy atom. The molecule has 0 aliphatic carbocycles. The summed E-state index contributed by atoms with van der Waals surface area (Å²) in [6.45, 7) is 1.85. The zero-order chi connectivity index (χ0) is 16.1. The number of halogens is 3. The number of aromatic nitrogens is 1. The number of benzene rings is 1. The van der Waals surface area contributed by atoms with Gasteiger partial charge in [-0.25, -0.2) is 4.98 Å². The Bertz CT molecular complexity index is 680. The predicted molar refractivity (Wildman–Crippen MR) is 106 cm³/mol. The second kappa shape index (κ2) is 10.6. The molecule has 1 saturated heterocycles. The highest BCUT2D eigenvalue weighted by atomic mass is 79.9. The maximum Gasteiger partial charge on any atom is 0.253 e. The number of amides is 1. The molecule has 2 heterocycles. The number of hydrogen-bond acceptors (Lipinski definition) is 4. The Kier molecular flexibility index (Phi) is 9.21. The van der Waals surface area contributed by atoms with Gasteiger partial charge in [0.25, 0.3) is 5.91 Å². The van der Waals surface area contributed by atoms with Crippen LogP contribution in [-0.4, -0.2) is 30.0 Å². The van der Waals surface area contributed by atoms with Crippen molar-refractivity contribution in [2.24, 2.45) is 0 Å². The molecule has 2 aromatic rings. The SMILES string of the molecule is Cl.Cl.O=C(NC1CCCNC1)c1ccc(Oc2cccc(Br)c2)nc1. The van der Waals surface area contributed by atoms with Gasteiger partial charge < -0.3 is 15.4 Å². The predicted octanol–water partition coefficient (Wildman–Crippen LogP) is 3.96. The lowest BCUT2D eigenvalue weighted by Crippen LogP contribution is -2.45. The summed E-state index contributed by atoms with van der Waals surface area (Å²) in [6, 6.07) is 11.1. The van der Waals surface area contributed by atoms with Crippen LogP contribution in [0.2, 0.25) is 0 Å². The lowest BCUT2D eigenvalue weighted by atomic mass is 10.1. The molecule has 1 aliphatic rings. The van der Waals surface area contributed by atoms with E-state index in [0.717, 1.165) is 30.4 Å². The molecule has 5 nitrogen and oxygen atoms in total. The molecule has 1 atom stereocenters. The van der Waals surface area contributed by atoms with Crippen LogP contribution in [0.25, 0.3) is 0 Å². The van der Waals surface area contributed by atoms with E-state index in [4.69, 9.17) is 4.74 Å². The van der Waals surface area contributed by atoms with E-state index in [-0.39, 0.29) is 36.8 Å². The molecule has 0 spiro atoms. The summed E-state index contributed by atoms with van der Waals surface area (Å²) in [5, 5.41) is 6.30. The van der Waals surface area contributed by atoms with E-state index >= 15 is 0 Å². The second-order valence-corrected chi connectivity index (χ2v) is 6.38. The Morgan fingerprint density at radius 2 is 2.12 bits per heavy atom. The molecule has 1 aromatic heterocycles. The van der Waals surface area contributed by atoms with Crippen LogP contribution in [0.4, 0.5) is 0 Å². The number of nitrogens with one attached hydrogen (secondary N) is 2. The molecule has 2 N–H and O–H groups in total. The number of rotatable bonds is 4. The third-order valence-corrected chi connectivity index (χ3v) is 4.14. The van der Waals surface area contributed by atoms with E-state index in [9.17, 15) is 4.79 Å². The molecule has 0 bridgehead atoms. The van der Waals surface area contributed by atoms with Crippen molar-refractivity contribution in [1.82, 2.24) is 15.6 Å². The Morgan fingerprint density at radius 3 is 2.76 bits per heavy atom. The third kappa shape index (κ3) is 6.47. The topological polar surface area (TPSA) is 63.2 Å². The van der Waals surface area contributed by atoms with E-state index in [0.29, 0.717) is 17.2 Å². The highest BCUT2D eigenvalue weighted by Crippen LogP contribution is 2.22. The molecule has 1 aliphatic heterocycles. The third-order valence-electron chi connectivity index (χ3n) is 3.65. The number of nitrogens with zero attached hydrogens (tertiary/aromatic N) is 1. The first-order chi connectivity index (χ1) is 11.2. The maximum absolute atomic E-state index is 12.2. The minimum absolute atomic E-state index is 0. The minimum Gasteiger partial charge on any atom is -0.439 e. The van der Waals surface area contributed by atoms with E-state index in [2.05, 4.69) is 31.5 Å². The van der Waals surface area contributed by atoms with Crippen LogP contribution in [0, 0.1) is 0 Å². The van der Waals surface area contributed by atoms with Crippen molar-refractivity contribution in [2.75, 3.05) is 13.1 Å². The molecule has 25 heavy (non-hydrogen) atoms. The van der Waals surface area contributed by atoms with Gasteiger partial charge in [0.05, 0.1) is 5.56 Å². The molecule has 8 heteroatoms. The zero-order valence-corrected chi connectivity index (χ0v) is 16.6. The van der Waals surface area contributed by atoms with Crippen LogP contribution >= 0.6 is 40.7 Å². The number of carbonyl (C=O) groups excluding carboxylic acids is 1. The lowest BCUT2D eigenvalue weighted by Gasteiger charge is -2.23. The minimum atomic E-state index is -0.0970. The summed E-state index contributed by atoms with van der Waals surface area (Å²) in [5.41, 5.74) is 0.539. The normalized spacial score (nSPS) is 16.1. The van der Waals surface area contributed by atoms with Crippen molar-refractivity contribution >= 4 is 46.7 Å². The summed E-state index contributed by atoms with van der Waals surface area (Å²) in [7, 11) is 0. The van der Waals surface area contributed by atoms with Gasteiger partial charge in [-0.2, -0.15) is 0 Å². The average Bonchev–Trinajstić information content (AvgIpc) is 2.56. The van der Waals surface area contributed by atoms with Crippen LogP contribution in [0.1, 0.15) is 23.2 Å². The summed E-state index contributed by atoms with van der Waals surface area (Å²) in [4.78, 5) is 16.4. The van der Waals surface area contributed by atoms with Gasteiger partial charge >= 0.3 is 0 Å². The van der Waals surface area contributed by atoms with Crippen molar-refractivity contribution < 1.29 is 9.53 Å². The molecule has 1 fully saturated rings. The molecule has 1 amide bonds. The highest BCUT2D eigenvalue weighted by Gasteiger charge is 2.16. The molecule has 136 valence electrons. The van der Waals surface area contributed by atoms with Crippen molar-refractivity contribution in [3.63, 3.8) is 0 Å². The van der Waals surface area contributed by atoms with Crippen LogP contribution < -0.4 is 15.4 Å². The van der Waals surface area contributed by atoms with E-state index in [1.807, 2.05) is 24.3 Å². The molecular formula is C17H20BrCl2N3O2. The second-order valence-electron chi connectivity index (χ2n) is 5.46. The fourth-order valence-corrected chi connectivity index (χ4v) is 2.85. The molecule has 1 aromatic carbocycles. The molecule has 3 rings (SSSR count). The number of piperidine rings is 1. The van der Waals surface area contributed by atoms with Gasteiger partial charge in [0.15, 0.2) is 0 Å². The first-order valence-corrected chi connectivity index (χ1v) is 8.41. The van der Waals surface area contributed by atoms with Gasteiger partial charge in [0, 0.05) is 29.3 Å². The van der Waals surface area contributed by atoms with Gasteiger partial charge in [-0.1, -0.05) is 22.0 Å². The number of hydrogen-bond donors (Lipinski definition) is 2. The highest BCUT2D eigenvalue weighted by molar-refractivity contribution is 9.10. The van der Waals surface area contributed by atoms with E-state index in [1.54, 1.807) is 18.3 Å². The fourth-order valence-electron chi connectivity index (χ4n) is 2.47. The Hall–Kier alpha value is -1.34. The lowest BCUT2D eigenvalue weighted by molar-refractivity contribution is 0.0930. The standard InChI is InChI=1S/C17H18BrN3O2.2ClH/c18-13-3-1-5-15(9-13)23-16-7-6-12(10-20-16)17(22)21-14-4-2-8-19-11-14;;/h1,3,5-7,9-10,14,19H,2,4,8,11H2,(H,21,22);2*1H. The fraction of sp³-hybridized carbons (Fsp3) is 0.294. The van der Waals surface area contributed by atoms with Gasteiger partial charge in [-0.15, -0.1) is 24.8 Å². The summed E-state index contributed by atoms with van der Waals surface area (Å²) in [5.74, 6) is 1.05. The largest absolute Gasteiger partial charge is 0.439 e. The number of carbonyl (C=O) groups is 1. The Labute approximate surface area is 167 Å². The van der Waals surface area contributed by atoms with E-state index < -0.39 is 0 Å². The maximum atomic E-state index is 12.2. The summed E-state index contributed by atoms with van der Waals surface area (Å²) >= 11 is 3.39.